The summed E-state index contributed by atoms with van der Waals surface area (Å²) in [5, 5.41) is 0. The van der Waals surface area contributed by atoms with Gasteiger partial charge in [-0.2, -0.15) is 0 Å². The molecule has 0 aliphatic heterocycles. The van der Waals surface area contributed by atoms with E-state index in [4.69, 9.17) is 0 Å². The molecule has 0 bridgehead atoms. The van der Waals surface area contributed by atoms with Gasteiger partial charge in [-0.15, -0.1) is 0 Å². The van der Waals surface area contributed by atoms with E-state index in [1.807, 2.05) is 0 Å². The molecule has 2 N–H and O–H groups in total. The highest BCUT2D eigenvalue weighted by molar-refractivity contribution is 7.92. The number of benzene rings is 2. The highest BCUT2D eigenvalue weighted by Gasteiger charge is 2.14. The zero-order chi connectivity index (χ0) is 17.8. The zero-order valence-electron chi connectivity index (χ0n) is 13.5. The lowest BCUT2D eigenvalue weighted by Gasteiger charge is -2.10. The molecule has 6 nitrogen and oxygen atoms in total. The molecule has 2 aromatic rings. The van der Waals surface area contributed by atoms with Gasteiger partial charge in [-0.3, -0.25) is 9.44 Å². The predicted molar refractivity (Wildman–Crippen MR) is 96.2 cm³/mol. The summed E-state index contributed by atoms with van der Waals surface area (Å²) in [4.78, 5) is 0.181. The maximum absolute atomic E-state index is 12.4. The van der Waals surface area contributed by atoms with Crippen LogP contribution in [0.4, 0.5) is 11.4 Å². The SMILES string of the molecule is CCCc1ccc(S(=O)(=O)Nc2ccc(NS(C)(=O)=O)cc2)cc1. The van der Waals surface area contributed by atoms with E-state index in [2.05, 4.69) is 16.4 Å². The summed E-state index contributed by atoms with van der Waals surface area (Å²) < 4.78 is 51.8. The van der Waals surface area contributed by atoms with E-state index >= 15 is 0 Å². The third-order valence-corrected chi connectivity index (χ3v) is 5.22. The zero-order valence-corrected chi connectivity index (χ0v) is 15.1. The van der Waals surface area contributed by atoms with E-state index in [-0.39, 0.29) is 4.90 Å². The molecule has 0 fully saturated rings. The van der Waals surface area contributed by atoms with E-state index in [1.54, 1.807) is 24.3 Å². The van der Waals surface area contributed by atoms with Crippen molar-refractivity contribution < 1.29 is 16.8 Å². The fourth-order valence-corrected chi connectivity index (χ4v) is 3.78. The van der Waals surface area contributed by atoms with Gasteiger partial charge in [0.15, 0.2) is 0 Å². The van der Waals surface area contributed by atoms with E-state index < -0.39 is 20.0 Å². The van der Waals surface area contributed by atoms with Crippen LogP contribution in [0.2, 0.25) is 0 Å². The molecule has 0 saturated heterocycles. The number of rotatable bonds is 7. The molecule has 0 atom stereocenters. The average Bonchev–Trinajstić information content (AvgIpc) is 2.48. The monoisotopic (exact) mass is 368 g/mol. The maximum Gasteiger partial charge on any atom is 0.261 e. The molecular formula is C16H20N2O4S2. The molecule has 2 rings (SSSR count). The molecule has 24 heavy (non-hydrogen) atoms. The Morgan fingerprint density at radius 2 is 1.29 bits per heavy atom. The van der Waals surface area contributed by atoms with Crippen molar-refractivity contribution in [2.75, 3.05) is 15.7 Å². The minimum Gasteiger partial charge on any atom is -0.284 e. The Kier molecular flexibility index (Phi) is 5.51. The summed E-state index contributed by atoms with van der Waals surface area (Å²) in [5.41, 5.74) is 1.81. The molecule has 0 spiro atoms. The van der Waals surface area contributed by atoms with E-state index in [1.165, 1.54) is 24.3 Å². The third kappa shape index (κ3) is 5.24. The molecular weight excluding hydrogens is 348 g/mol. The molecule has 0 aromatic heterocycles. The van der Waals surface area contributed by atoms with Crippen molar-refractivity contribution >= 4 is 31.4 Å². The molecule has 0 amide bonds. The first-order chi connectivity index (χ1) is 11.2. The summed E-state index contributed by atoms with van der Waals surface area (Å²) in [6, 6.07) is 12.7. The number of anilines is 2. The van der Waals surface area contributed by atoms with Gasteiger partial charge in [0.1, 0.15) is 0 Å². The molecule has 130 valence electrons. The number of nitrogens with one attached hydrogen (secondary N) is 2. The van der Waals surface area contributed by atoms with Gasteiger partial charge < -0.3 is 0 Å². The Balaban J connectivity index is 2.13. The van der Waals surface area contributed by atoms with Gasteiger partial charge in [0, 0.05) is 11.4 Å². The topological polar surface area (TPSA) is 92.3 Å². The third-order valence-electron chi connectivity index (χ3n) is 3.21. The molecule has 2 aromatic carbocycles. The lowest BCUT2D eigenvalue weighted by atomic mass is 10.1. The number of hydrogen-bond donors (Lipinski definition) is 2. The Bertz CT molecular complexity index is 888. The largest absolute Gasteiger partial charge is 0.284 e. The van der Waals surface area contributed by atoms with Gasteiger partial charge in [0.2, 0.25) is 10.0 Å². The van der Waals surface area contributed by atoms with Crippen LogP contribution in [-0.2, 0) is 26.5 Å². The van der Waals surface area contributed by atoms with Gasteiger partial charge in [0.25, 0.3) is 10.0 Å². The Labute approximate surface area is 143 Å². The van der Waals surface area contributed by atoms with Crippen molar-refractivity contribution in [2.45, 2.75) is 24.7 Å². The highest BCUT2D eigenvalue weighted by Crippen LogP contribution is 2.19. The van der Waals surface area contributed by atoms with Crippen molar-refractivity contribution in [3.05, 3.63) is 54.1 Å². The van der Waals surface area contributed by atoms with Crippen LogP contribution in [0.25, 0.3) is 0 Å². The summed E-state index contributed by atoms with van der Waals surface area (Å²) >= 11 is 0. The minimum atomic E-state index is -3.68. The Hall–Kier alpha value is -2.06. The lowest BCUT2D eigenvalue weighted by Crippen LogP contribution is -2.13. The van der Waals surface area contributed by atoms with Gasteiger partial charge in [-0.25, -0.2) is 16.8 Å². The second-order valence-corrected chi connectivity index (χ2v) is 8.88. The normalized spacial score (nSPS) is 11.9. The summed E-state index contributed by atoms with van der Waals surface area (Å²) in [6.07, 6.45) is 2.95. The van der Waals surface area contributed by atoms with Crippen molar-refractivity contribution in [3.8, 4) is 0 Å². The van der Waals surface area contributed by atoms with Crippen molar-refractivity contribution in [2.24, 2.45) is 0 Å². The molecule has 0 heterocycles. The van der Waals surface area contributed by atoms with Crippen LogP contribution in [0.5, 0.6) is 0 Å². The summed E-state index contributed by atoms with van der Waals surface area (Å²) in [5.74, 6) is 0. The van der Waals surface area contributed by atoms with Crippen LogP contribution in [-0.4, -0.2) is 23.1 Å². The van der Waals surface area contributed by atoms with Crippen LogP contribution in [0.15, 0.2) is 53.4 Å². The van der Waals surface area contributed by atoms with Crippen molar-refractivity contribution in [3.63, 3.8) is 0 Å². The fraction of sp³-hybridized carbons (Fsp3) is 0.250. The first kappa shape index (κ1) is 18.3. The maximum atomic E-state index is 12.4. The van der Waals surface area contributed by atoms with E-state index in [0.717, 1.165) is 24.7 Å². The average molecular weight is 368 g/mol. The van der Waals surface area contributed by atoms with E-state index in [0.29, 0.717) is 11.4 Å². The molecule has 0 aliphatic carbocycles. The van der Waals surface area contributed by atoms with Gasteiger partial charge >= 0.3 is 0 Å². The first-order valence-electron chi connectivity index (χ1n) is 7.39. The molecule has 0 radical (unpaired) electrons. The molecule has 0 aliphatic rings. The second kappa shape index (κ2) is 7.23. The smallest absolute Gasteiger partial charge is 0.261 e. The van der Waals surface area contributed by atoms with Gasteiger partial charge in [0.05, 0.1) is 11.2 Å². The van der Waals surface area contributed by atoms with E-state index in [9.17, 15) is 16.8 Å². The highest BCUT2D eigenvalue weighted by atomic mass is 32.2. The summed E-state index contributed by atoms with van der Waals surface area (Å²) in [6.45, 7) is 2.06. The van der Waals surface area contributed by atoms with Crippen molar-refractivity contribution in [1.82, 2.24) is 0 Å². The number of aryl methyl sites for hydroxylation is 1. The minimum absolute atomic E-state index is 0.181. The van der Waals surface area contributed by atoms with Crippen molar-refractivity contribution in [1.29, 1.82) is 0 Å². The van der Waals surface area contributed by atoms with Crippen LogP contribution in [0.3, 0.4) is 0 Å². The number of hydrogen-bond acceptors (Lipinski definition) is 4. The molecule has 0 unspecified atom stereocenters. The number of sulfonamides is 2. The van der Waals surface area contributed by atoms with Gasteiger partial charge in [-0.05, 0) is 48.4 Å². The predicted octanol–water partition coefficient (Wildman–Crippen LogP) is 2.81. The molecule has 8 heteroatoms. The van der Waals surface area contributed by atoms with Crippen LogP contribution in [0, 0.1) is 0 Å². The van der Waals surface area contributed by atoms with Crippen LogP contribution < -0.4 is 9.44 Å². The fourth-order valence-electron chi connectivity index (χ4n) is 2.16. The molecule has 0 saturated carbocycles. The van der Waals surface area contributed by atoms with Crippen LogP contribution in [0.1, 0.15) is 18.9 Å². The first-order valence-corrected chi connectivity index (χ1v) is 10.8. The van der Waals surface area contributed by atoms with Gasteiger partial charge in [-0.1, -0.05) is 25.5 Å². The summed E-state index contributed by atoms with van der Waals surface area (Å²) in [7, 11) is -7.05. The second-order valence-electron chi connectivity index (χ2n) is 5.45. The quantitative estimate of drug-likeness (QED) is 0.786. The standard InChI is InChI=1S/C16H20N2O4S2/c1-3-4-13-5-11-16(12-6-13)24(21,22)18-15-9-7-14(8-10-15)17-23(2,19)20/h5-12,17-18H,3-4H2,1-2H3. The van der Waals surface area contributed by atoms with Crippen LogP contribution >= 0.6 is 0 Å². The lowest BCUT2D eigenvalue weighted by molar-refractivity contribution is 0.600. The Morgan fingerprint density at radius 1 is 0.792 bits per heavy atom. The Morgan fingerprint density at radius 3 is 1.75 bits per heavy atom.